The van der Waals surface area contributed by atoms with E-state index in [4.69, 9.17) is 5.11 Å². The lowest BCUT2D eigenvalue weighted by molar-refractivity contribution is 0.248. The van der Waals surface area contributed by atoms with Gasteiger partial charge in [-0.1, -0.05) is 18.2 Å². The van der Waals surface area contributed by atoms with Gasteiger partial charge >= 0.3 is 0 Å². The minimum absolute atomic E-state index is 0.117. The number of rotatable bonds is 4. The van der Waals surface area contributed by atoms with Gasteiger partial charge in [0.05, 0.1) is 0 Å². The summed E-state index contributed by atoms with van der Waals surface area (Å²) < 4.78 is 13.4. The fraction of sp³-hybridized carbons (Fsp3) is 0.538. The molecule has 1 atom stereocenters. The summed E-state index contributed by atoms with van der Waals surface area (Å²) in [6.07, 6.45) is 1.99. The van der Waals surface area contributed by atoms with Crippen LogP contribution in [0.5, 0.6) is 0 Å². The van der Waals surface area contributed by atoms with Gasteiger partial charge in [-0.2, -0.15) is 0 Å². The molecule has 1 fully saturated rings. The number of hydrogen-bond acceptors (Lipinski definition) is 2. The third-order valence-electron chi connectivity index (χ3n) is 3.26. The topological polar surface area (TPSA) is 23.5 Å². The van der Waals surface area contributed by atoms with E-state index >= 15 is 0 Å². The molecule has 0 aliphatic carbocycles. The molecule has 16 heavy (non-hydrogen) atoms. The second-order valence-corrected chi connectivity index (χ2v) is 4.49. The highest BCUT2D eigenvalue weighted by Gasteiger charge is 2.22. The lowest BCUT2D eigenvalue weighted by atomic mass is 10.1. The van der Waals surface area contributed by atoms with Gasteiger partial charge in [0, 0.05) is 25.3 Å². The zero-order chi connectivity index (χ0) is 11.4. The first-order chi connectivity index (χ1) is 7.79. The van der Waals surface area contributed by atoms with Gasteiger partial charge in [0.15, 0.2) is 0 Å². The Balaban J connectivity index is 1.90. The van der Waals surface area contributed by atoms with Crippen molar-refractivity contribution in [1.82, 2.24) is 4.90 Å². The molecule has 0 bridgehead atoms. The molecule has 1 heterocycles. The fourth-order valence-electron chi connectivity index (χ4n) is 2.34. The van der Waals surface area contributed by atoms with Crippen LogP contribution >= 0.6 is 0 Å². The number of likely N-dealkylation sites (tertiary alicyclic amines) is 1. The predicted octanol–water partition coefficient (Wildman–Crippen LogP) is 2.03. The van der Waals surface area contributed by atoms with Gasteiger partial charge in [-0.15, -0.1) is 0 Å². The van der Waals surface area contributed by atoms with Crippen LogP contribution < -0.4 is 0 Å². The van der Waals surface area contributed by atoms with E-state index in [0.29, 0.717) is 12.5 Å². The first-order valence-corrected chi connectivity index (χ1v) is 5.86. The minimum atomic E-state index is -0.117. The molecule has 0 amide bonds. The molecule has 1 N–H and O–H groups in total. The molecular weight excluding hydrogens is 205 g/mol. The van der Waals surface area contributed by atoms with Crippen LogP contribution in [0.25, 0.3) is 0 Å². The molecule has 2 rings (SSSR count). The molecule has 0 radical (unpaired) electrons. The summed E-state index contributed by atoms with van der Waals surface area (Å²) in [6, 6.07) is 6.95. The highest BCUT2D eigenvalue weighted by molar-refractivity contribution is 5.17. The fourth-order valence-corrected chi connectivity index (χ4v) is 2.34. The van der Waals surface area contributed by atoms with Gasteiger partial charge < -0.3 is 5.11 Å². The van der Waals surface area contributed by atoms with Crippen molar-refractivity contribution in [2.24, 2.45) is 5.92 Å². The SMILES string of the molecule is OCCC1CCN(Cc2ccccc2F)C1. The second kappa shape index (κ2) is 5.41. The van der Waals surface area contributed by atoms with Gasteiger partial charge in [-0.25, -0.2) is 4.39 Å². The lowest BCUT2D eigenvalue weighted by Crippen LogP contribution is -2.21. The molecule has 1 unspecified atom stereocenters. The molecule has 2 nitrogen and oxygen atoms in total. The van der Waals surface area contributed by atoms with Crippen molar-refractivity contribution in [2.45, 2.75) is 19.4 Å². The van der Waals surface area contributed by atoms with Crippen LogP contribution in [0.1, 0.15) is 18.4 Å². The summed E-state index contributed by atoms with van der Waals surface area (Å²) in [5.74, 6) is 0.463. The average molecular weight is 223 g/mol. The van der Waals surface area contributed by atoms with Crippen LogP contribution in [0.15, 0.2) is 24.3 Å². The van der Waals surface area contributed by atoms with E-state index in [1.807, 2.05) is 12.1 Å². The number of hydrogen-bond donors (Lipinski definition) is 1. The third-order valence-corrected chi connectivity index (χ3v) is 3.26. The molecule has 3 heteroatoms. The quantitative estimate of drug-likeness (QED) is 0.844. The molecule has 88 valence electrons. The van der Waals surface area contributed by atoms with Crippen molar-refractivity contribution in [2.75, 3.05) is 19.7 Å². The molecule has 1 aliphatic heterocycles. The number of nitrogens with zero attached hydrogens (tertiary/aromatic N) is 1. The Bertz CT molecular complexity index is 342. The summed E-state index contributed by atoms with van der Waals surface area (Å²) in [5.41, 5.74) is 0.771. The Morgan fingerprint density at radius 1 is 1.38 bits per heavy atom. The lowest BCUT2D eigenvalue weighted by Gasteiger charge is -2.16. The monoisotopic (exact) mass is 223 g/mol. The third kappa shape index (κ3) is 2.80. The van der Waals surface area contributed by atoms with E-state index in [9.17, 15) is 4.39 Å². The number of halogens is 1. The van der Waals surface area contributed by atoms with Crippen molar-refractivity contribution < 1.29 is 9.50 Å². The van der Waals surface area contributed by atoms with Gasteiger partial charge in [-0.3, -0.25) is 4.90 Å². The molecule has 0 spiro atoms. The maximum absolute atomic E-state index is 13.4. The smallest absolute Gasteiger partial charge is 0.127 e. The van der Waals surface area contributed by atoms with E-state index in [1.54, 1.807) is 6.07 Å². The van der Waals surface area contributed by atoms with Gasteiger partial charge in [0.2, 0.25) is 0 Å². The largest absolute Gasteiger partial charge is 0.396 e. The Kier molecular flexibility index (Phi) is 3.91. The molecule has 1 aliphatic rings. The Labute approximate surface area is 95.7 Å². The summed E-state index contributed by atoms with van der Waals surface area (Å²) in [6.45, 7) is 2.95. The molecule has 0 aromatic heterocycles. The Hall–Kier alpha value is -0.930. The number of aliphatic hydroxyl groups is 1. The van der Waals surface area contributed by atoms with Gasteiger partial charge in [-0.05, 0) is 31.4 Å². The molecule has 1 saturated heterocycles. The van der Waals surface area contributed by atoms with E-state index in [1.165, 1.54) is 6.07 Å². The highest BCUT2D eigenvalue weighted by Crippen LogP contribution is 2.21. The normalized spacial score (nSPS) is 21.5. The van der Waals surface area contributed by atoms with Crippen LogP contribution in [-0.4, -0.2) is 29.7 Å². The first-order valence-electron chi connectivity index (χ1n) is 5.86. The van der Waals surface area contributed by atoms with Gasteiger partial charge in [0.25, 0.3) is 0 Å². The average Bonchev–Trinajstić information content (AvgIpc) is 2.70. The van der Waals surface area contributed by atoms with Crippen molar-refractivity contribution in [3.63, 3.8) is 0 Å². The second-order valence-electron chi connectivity index (χ2n) is 4.49. The highest BCUT2D eigenvalue weighted by atomic mass is 19.1. The van der Waals surface area contributed by atoms with E-state index in [2.05, 4.69) is 4.90 Å². The van der Waals surface area contributed by atoms with E-state index in [0.717, 1.165) is 31.5 Å². The van der Waals surface area contributed by atoms with Crippen molar-refractivity contribution in [3.05, 3.63) is 35.6 Å². The van der Waals surface area contributed by atoms with Crippen molar-refractivity contribution >= 4 is 0 Å². The van der Waals surface area contributed by atoms with Crippen molar-refractivity contribution in [3.8, 4) is 0 Å². The summed E-state index contributed by atoms with van der Waals surface area (Å²) >= 11 is 0. The van der Waals surface area contributed by atoms with Crippen LogP contribution in [0.2, 0.25) is 0 Å². The zero-order valence-corrected chi connectivity index (χ0v) is 9.40. The summed E-state index contributed by atoms with van der Waals surface area (Å²) in [4.78, 5) is 2.26. The minimum Gasteiger partial charge on any atom is -0.396 e. The maximum Gasteiger partial charge on any atom is 0.127 e. The molecular formula is C13H18FNO. The summed E-state index contributed by atoms with van der Waals surface area (Å²) in [7, 11) is 0. The van der Waals surface area contributed by atoms with E-state index < -0.39 is 0 Å². The van der Waals surface area contributed by atoms with Crippen LogP contribution in [0.3, 0.4) is 0 Å². The molecule has 0 saturated carbocycles. The van der Waals surface area contributed by atoms with Crippen LogP contribution in [0, 0.1) is 11.7 Å². The first kappa shape index (κ1) is 11.6. The molecule has 1 aromatic rings. The standard InChI is InChI=1S/C13H18FNO/c14-13-4-2-1-3-12(13)10-15-7-5-11(9-15)6-8-16/h1-4,11,16H,5-10H2. The van der Waals surface area contributed by atoms with Crippen molar-refractivity contribution in [1.29, 1.82) is 0 Å². The molecule has 1 aromatic carbocycles. The Morgan fingerprint density at radius 3 is 2.94 bits per heavy atom. The van der Waals surface area contributed by atoms with Crippen LogP contribution in [0.4, 0.5) is 4.39 Å². The van der Waals surface area contributed by atoms with Gasteiger partial charge in [0.1, 0.15) is 5.82 Å². The predicted molar refractivity (Wildman–Crippen MR) is 61.5 cm³/mol. The number of benzene rings is 1. The van der Waals surface area contributed by atoms with E-state index in [-0.39, 0.29) is 12.4 Å². The maximum atomic E-state index is 13.4. The van der Waals surface area contributed by atoms with Crippen LogP contribution in [-0.2, 0) is 6.54 Å². The zero-order valence-electron chi connectivity index (χ0n) is 9.40. The summed E-state index contributed by atoms with van der Waals surface area (Å²) in [5, 5.41) is 8.87. The number of aliphatic hydroxyl groups excluding tert-OH is 1. The Morgan fingerprint density at radius 2 is 2.19 bits per heavy atom.